The van der Waals surface area contributed by atoms with E-state index in [1.165, 1.54) is 0 Å². The Morgan fingerprint density at radius 2 is 1.79 bits per heavy atom. The number of methoxy groups -OCH3 is 1. The molecule has 1 N–H and O–H groups in total. The predicted octanol–water partition coefficient (Wildman–Crippen LogP) is 3.49. The van der Waals surface area contributed by atoms with E-state index in [2.05, 4.69) is 15.5 Å². The Hall–Kier alpha value is -3.00. The van der Waals surface area contributed by atoms with Gasteiger partial charge in [0.05, 0.1) is 19.8 Å². The summed E-state index contributed by atoms with van der Waals surface area (Å²) in [6, 6.07) is 16.4. The van der Waals surface area contributed by atoms with Crippen molar-refractivity contribution in [3.05, 3.63) is 66.0 Å². The second-order valence-corrected chi connectivity index (χ2v) is 7.37. The molecule has 7 nitrogen and oxygen atoms in total. The third kappa shape index (κ3) is 5.29. The topological polar surface area (TPSA) is 78.3 Å². The van der Waals surface area contributed by atoms with Crippen LogP contribution in [0.15, 0.2) is 59.8 Å². The van der Waals surface area contributed by atoms with Crippen molar-refractivity contribution in [3.63, 3.8) is 0 Å². The third-order valence-electron chi connectivity index (χ3n) is 4.28. The van der Waals surface area contributed by atoms with E-state index in [1.807, 2.05) is 61.0 Å². The fraction of sp³-hybridized carbons (Fsp3) is 0.286. The van der Waals surface area contributed by atoms with Gasteiger partial charge in [-0.05, 0) is 31.2 Å². The first kappa shape index (κ1) is 20.7. The van der Waals surface area contributed by atoms with Gasteiger partial charge in [0, 0.05) is 18.4 Å². The van der Waals surface area contributed by atoms with Gasteiger partial charge in [0.1, 0.15) is 0 Å². The molecule has 2 aromatic carbocycles. The highest BCUT2D eigenvalue weighted by molar-refractivity contribution is 7.99. The average Bonchev–Trinajstić information content (AvgIpc) is 3.12. The van der Waals surface area contributed by atoms with Crippen molar-refractivity contribution < 1.29 is 14.3 Å². The second-order valence-electron chi connectivity index (χ2n) is 6.31. The molecule has 3 rings (SSSR count). The quantitative estimate of drug-likeness (QED) is 0.428. The maximum Gasteiger partial charge on any atom is 0.251 e. The van der Waals surface area contributed by atoms with Crippen LogP contribution in [-0.4, -0.2) is 40.1 Å². The molecular formula is C21H24N4O3S. The van der Waals surface area contributed by atoms with Gasteiger partial charge in [-0.25, -0.2) is 0 Å². The molecular weight excluding hydrogens is 388 g/mol. The number of aromatic nitrogens is 3. The van der Waals surface area contributed by atoms with Gasteiger partial charge in [-0.1, -0.05) is 42.1 Å². The van der Waals surface area contributed by atoms with Crippen LogP contribution in [0, 0.1) is 0 Å². The molecule has 29 heavy (non-hydrogen) atoms. The number of hydrogen-bond acceptors (Lipinski definition) is 6. The lowest BCUT2D eigenvalue weighted by molar-refractivity contribution is 0.0937. The molecule has 1 unspecified atom stereocenters. The molecule has 0 bridgehead atoms. The van der Waals surface area contributed by atoms with Crippen LogP contribution in [0.2, 0.25) is 0 Å². The average molecular weight is 413 g/mol. The largest absolute Gasteiger partial charge is 0.493 e. The second kappa shape index (κ2) is 9.97. The first-order valence-corrected chi connectivity index (χ1v) is 10.2. The Bertz CT molecular complexity index is 946. The zero-order valence-electron chi connectivity index (χ0n) is 16.7. The summed E-state index contributed by atoms with van der Waals surface area (Å²) in [6.07, 6.45) is 0. The fourth-order valence-corrected chi connectivity index (χ4v) is 3.52. The molecule has 1 aromatic heterocycles. The molecule has 0 aliphatic carbocycles. The summed E-state index contributed by atoms with van der Waals surface area (Å²) in [5, 5.41) is 12.2. The number of nitrogens with one attached hydrogen (secondary N) is 1. The molecule has 152 valence electrons. The zero-order valence-corrected chi connectivity index (χ0v) is 17.5. The molecule has 0 saturated heterocycles. The summed E-state index contributed by atoms with van der Waals surface area (Å²) >= 11 is 1.54. The van der Waals surface area contributed by atoms with Crippen LogP contribution in [0.1, 0.15) is 29.1 Å². The molecule has 0 radical (unpaired) electrons. The number of benzene rings is 2. The van der Waals surface area contributed by atoms with Crippen LogP contribution in [0.5, 0.6) is 11.5 Å². The van der Waals surface area contributed by atoms with E-state index in [-0.39, 0.29) is 11.9 Å². The zero-order chi connectivity index (χ0) is 20.6. The molecule has 0 spiro atoms. The molecule has 3 aromatic rings. The minimum Gasteiger partial charge on any atom is -0.493 e. The van der Waals surface area contributed by atoms with E-state index in [0.29, 0.717) is 35.2 Å². The number of carbonyl (C=O) groups excluding carboxylic acids is 1. The van der Waals surface area contributed by atoms with Crippen LogP contribution >= 0.6 is 11.8 Å². The highest BCUT2D eigenvalue weighted by Crippen LogP contribution is 2.26. The Morgan fingerprint density at radius 3 is 2.52 bits per heavy atom. The predicted molar refractivity (Wildman–Crippen MR) is 113 cm³/mol. The Balaban J connectivity index is 1.53. The van der Waals surface area contributed by atoms with Crippen molar-refractivity contribution in [2.75, 3.05) is 19.5 Å². The Morgan fingerprint density at radius 1 is 1.10 bits per heavy atom. The highest BCUT2D eigenvalue weighted by atomic mass is 32.2. The van der Waals surface area contributed by atoms with Crippen LogP contribution in [-0.2, 0) is 7.05 Å². The van der Waals surface area contributed by atoms with Gasteiger partial charge >= 0.3 is 0 Å². The number of hydrogen-bond donors (Lipinski definition) is 1. The number of rotatable bonds is 9. The number of thioether (sulfide) groups is 1. The molecule has 1 heterocycles. The van der Waals surface area contributed by atoms with Crippen LogP contribution < -0.4 is 14.8 Å². The van der Waals surface area contributed by atoms with Gasteiger partial charge in [0.15, 0.2) is 22.5 Å². The van der Waals surface area contributed by atoms with Gasteiger partial charge in [-0.3, -0.25) is 4.79 Å². The number of amides is 1. The molecule has 0 fully saturated rings. The summed E-state index contributed by atoms with van der Waals surface area (Å²) < 4.78 is 13.0. The monoisotopic (exact) mass is 412 g/mol. The molecule has 0 aliphatic heterocycles. The van der Waals surface area contributed by atoms with Crippen molar-refractivity contribution in [1.82, 2.24) is 20.1 Å². The van der Waals surface area contributed by atoms with Crippen molar-refractivity contribution in [3.8, 4) is 11.5 Å². The van der Waals surface area contributed by atoms with Gasteiger partial charge in [-0.15, -0.1) is 10.2 Å². The maximum absolute atomic E-state index is 12.3. The standard InChI is InChI=1S/C21H24N4O3S/c1-15(22-20(26)16-9-5-4-6-10-16)19-23-24-21(25(19)2)29-14-13-28-18-12-8-7-11-17(18)27-3/h4-12,15H,13-14H2,1-3H3,(H,22,26). The van der Waals surface area contributed by atoms with Gasteiger partial charge in [0.2, 0.25) is 0 Å². The van der Waals surface area contributed by atoms with Gasteiger partial charge in [0.25, 0.3) is 5.91 Å². The molecule has 1 amide bonds. The lowest BCUT2D eigenvalue weighted by Gasteiger charge is -2.13. The number of para-hydroxylation sites is 2. The normalized spacial score (nSPS) is 11.7. The molecule has 8 heteroatoms. The Kier molecular flexibility index (Phi) is 7.13. The van der Waals surface area contributed by atoms with Crippen molar-refractivity contribution in [1.29, 1.82) is 0 Å². The fourth-order valence-electron chi connectivity index (χ4n) is 2.79. The van der Waals surface area contributed by atoms with Crippen LogP contribution in [0.4, 0.5) is 0 Å². The number of ether oxygens (including phenoxy) is 2. The van der Waals surface area contributed by atoms with E-state index in [0.717, 1.165) is 5.16 Å². The first-order chi connectivity index (χ1) is 14.1. The van der Waals surface area contributed by atoms with Gasteiger partial charge < -0.3 is 19.4 Å². The minimum atomic E-state index is -0.264. The summed E-state index contributed by atoms with van der Waals surface area (Å²) in [6.45, 7) is 2.40. The summed E-state index contributed by atoms with van der Waals surface area (Å²) in [5.41, 5.74) is 0.615. The first-order valence-electron chi connectivity index (χ1n) is 9.24. The van der Waals surface area contributed by atoms with Crippen molar-refractivity contribution in [2.24, 2.45) is 7.05 Å². The van der Waals surface area contributed by atoms with E-state index < -0.39 is 0 Å². The summed E-state index contributed by atoms with van der Waals surface area (Å²) in [5.74, 6) is 2.69. The molecule has 0 aliphatic rings. The Labute approximate surface area is 174 Å². The lowest BCUT2D eigenvalue weighted by atomic mass is 10.2. The van der Waals surface area contributed by atoms with Gasteiger partial charge in [-0.2, -0.15) is 0 Å². The summed E-state index contributed by atoms with van der Waals surface area (Å²) in [4.78, 5) is 12.3. The number of nitrogens with zero attached hydrogens (tertiary/aromatic N) is 3. The van der Waals surface area contributed by atoms with Crippen molar-refractivity contribution in [2.45, 2.75) is 18.1 Å². The van der Waals surface area contributed by atoms with E-state index >= 15 is 0 Å². The SMILES string of the molecule is COc1ccccc1OCCSc1nnc(C(C)NC(=O)c2ccccc2)n1C. The lowest BCUT2D eigenvalue weighted by Crippen LogP contribution is -2.28. The summed E-state index contributed by atoms with van der Waals surface area (Å²) in [7, 11) is 3.51. The highest BCUT2D eigenvalue weighted by Gasteiger charge is 2.18. The smallest absolute Gasteiger partial charge is 0.251 e. The van der Waals surface area contributed by atoms with Crippen LogP contribution in [0.25, 0.3) is 0 Å². The molecule has 1 atom stereocenters. The maximum atomic E-state index is 12.3. The number of carbonyl (C=O) groups is 1. The van der Waals surface area contributed by atoms with Crippen molar-refractivity contribution >= 4 is 17.7 Å². The minimum absolute atomic E-state index is 0.138. The van der Waals surface area contributed by atoms with E-state index in [1.54, 1.807) is 31.0 Å². The molecule has 0 saturated carbocycles. The van der Waals surface area contributed by atoms with E-state index in [4.69, 9.17) is 9.47 Å². The third-order valence-corrected chi connectivity index (χ3v) is 5.27. The van der Waals surface area contributed by atoms with E-state index in [9.17, 15) is 4.79 Å². The van der Waals surface area contributed by atoms with Crippen LogP contribution in [0.3, 0.4) is 0 Å².